The lowest BCUT2D eigenvalue weighted by Gasteiger charge is -2.34. The van der Waals surface area contributed by atoms with Gasteiger partial charge in [-0.05, 0) is 47.9 Å². The number of nitrogens with one attached hydrogen (secondary N) is 2. The van der Waals surface area contributed by atoms with Crippen molar-refractivity contribution in [3.8, 4) is 0 Å². The Bertz CT molecular complexity index is 1130. The normalized spacial score (nSPS) is 23.1. The molecule has 6 nitrogen and oxygen atoms in total. The molecule has 0 unspecified atom stereocenters. The van der Waals surface area contributed by atoms with Crippen molar-refractivity contribution in [2.24, 2.45) is 0 Å². The van der Waals surface area contributed by atoms with Crippen LogP contribution in [0.2, 0.25) is 5.02 Å². The van der Waals surface area contributed by atoms with Crippen LogP contribution in [0, 0.1) is 0 Å². The molecule has 7 heteroatoms. The van der Waals surface area contributed by atoms with Gasteiger partial charge in [-0.3, -0.25) is 14.6 Å². The Morgan fingerprint density at radius 2 is 1.90 bits per heavy atom. The third kappa shape index (κ3) is 4.13. The molecule has 2 aromatic carbocycles. The second kappa shape index (κ2) is 8.29. The lowest BCUT2D eigenvalue weighted by molar-refractivity contribution is -0.147. The summed E-state index contributed by atoms with van der Waals surface area (Å²) in [7, 11) is 0. The first-order chi connectivity index (χ1) is 15.1. The number of pyridine rings is 1. The number of hydrogen-bond donors (Lipinski definition) is 2. The number of nitrogens with zero attached hydrogens (tertiary/aromatic N) is 2. The summed E-state index contributed by atoms with van der Waals surface area (Å²) in [5, 5.41) is 8.19. The average molecular weight is 435 g/mol. The van der Waals surface area contributed by atoms with Crippen molar-refractivity contribution >= 4 is 34.3 Å². The number of carbonyl (C=O) groups excluding carboxylic acids is 2. The highest BCUT2D eigenvalue weighted by molar-refractivity contribution is 6.30. The van der Waals surface area contributed by atoms with Crippen molar-refractivity contribution in [1.29, 1.82) is 0 Å². The van der Waals surface area contributed by atoms with Gasteiger partial charge in [0.1, 0.15) is 12.1 Å². The zero-order valence-corrected chi connectivity index (χ0v) is 17.7. The molecule has 2 saturated heterocycles. The van der Waals surface area contributed by atoms with Gasteiger partial charge in [0, 0.05) is 42.2 Å². The summed E-state index contributed by atoms with van der Waals surface area (Å²) in [5.74, 6) is -0.0831. The van der Waals surface area contributed by atoms with E-state index < -0.39 is 12.1 Å². The maximum Gasteiger partial charge on any atom is 0.246 e. The zero-order valence-electron chi connectivity index (χ0n) is 16.9. The van der Waals surface area contributed by atoms with E-state index in [0.717, 1.165) is 22.0 Å². The van der Waals surface area contributed by atoms with Gasteiger partial charge in [-0.1, -0.05) is 35.9 Å². The number of benzene rings is 2. The van der Waals surface area contributed by atoms with E-state index >= 15 is 0 Å². The SMILES string of the molecule is O=C1N[C@@H](Cc2ccc(Cl)cc2)C(=O)N2C[C@@H](NCc3ccc4ncccc4c3)C[C@@H]12. The fourth-order valence-electron chi connectivity index (χ4n) is 4.50. The number of halogens is 1. The molecule has 31 heavy (non-hydrogen) atoms. The third-order valence-electron chi connectivity index (χ3n) is 6.12. The van der Waals surface area contributed by atoms with Gasteiger partial charge in [-0.2, -0.15) is 0 Å². The Morgan fingerprint density at radius 1 is 1.10 bits per heavy atom. The summed E-state index contributed by atoms with van der Waals surface area (Å²) < 4.78 is 0. The van der Waals surface area contributed by atoms with Gasteiger partial charge in [0.05, 0.1) is 5.52 Å². The Labute approximate surface area is 185 Å². The molecule has 2 N–H and O–H groups in total. The minimum Gasteiger partial charge on any atom is -0.342 e. The maximum absolute atomic E-state index is 13.0. The van der Waals surface area contributed by atoms with Crippen molar-refractivity contribution in [1.82, 2.24) is 20.5 Å². The molecule has 3 heterocycles. The summed E-state index contributed by atoms with van der Waals surface area (Å²) in [6, 6.07) is 16.7. The van der Waals surface area contributed by atoms with Gasteiger partial charge >= 0.3 is 0 Å². The van der Waals surface area contributed by atoms with Crippen LogP contribution in [-0.2, 0) is 22.6 Å². The van der Waals surface area contributed by atoms with E-state index in [-0.39, 0.29) is 17.9 Å². The van der Waals surface area contributed by atoms with Gasteiger partial charge in [0.15, 0.2) is 0 Å². The molecule has 1 aromatic heterocycles. The van der Waals surface area contributed by atoms with Crippen molar-refractivity contribution in [2.45, 2.75) is 37.5 Å². The number of fused-ring (bicyclic) bond motifs is 2. The topological polar surface area (TPSA) is 74.3 Å². The molecule has 0 bridgehead atoms. The highest BCUT2D eigenvalue weighted by Gasteiger charge is 2.46. The molecule has 3 atom stereocenters. The molecule has 2 aliphatic heterocycles. The predicted octanol–water partition coefficient (Wildman–Crippen LogP) is 2.69. The first kappa shape index (κ1) is 20.0. The van der Waals surface area contributed by atoms with E-state index in [9.17, 15) is 9.59 Å². The van der Waals surface area contributed by atoms with E-state index in [2.05, 4.69) is 27.8 Å². The Kier molecular flexibility index (Phi) is 5.34. The van der Waals surface area contributed by atoms with Crippen LogP contribution in [0.3, 0.4) is 0 Å². The van der Waals surface area contributed by atoms with Gasteiger partial charge in [0.2, 0.25) is 11.8 Å². The lowest BCUT2D eigenvalue weighted by atomic mass is 10.0. The molecular weight excluding hydrogens is 412 g/mol. The van der Waals surface area contributed by atoms with E-state index in [1.807, 2.05) is 30.3 Å². The quantitative estimate of drug-likeness (QED) is 0.647. The Hall–Kier alpha value is -2.96. The van der Waals surface area contributed by atoms with Gasteiger partial charge in [0.25, 0.3) is 0 Å². The van der Waals surface area contributed by atoms with Crippen LogP contribution in [0.25, 0.3) is 10.9 Å². The second-order valence-electron chi connectivity index (χ2n) is 8.24. The summed E-state index contributed by atoms with van der Waals surface area (Å²) in [5.41, 5.74) is 3.10. The highest BCUT2D eigenvalue weighted by Crippen LogP contribution is 2.25. The molecule has 3 aromatic rings. The van der Waals surface area contributed by atoms with Gasteiger partial charge in [-0.15, -0.1) is 0 Å². The fourth-order valence-corrected chi connectivity index (χ4v) is 4.62. The first-order valence-electron chi connectivity index (χ1n) is 10.5. The second-order valence-corrected chi connectivity index (χ2v) is 8.68. The Balaban J connectivity index is 1.23. The number of carbonyl (C=O) groups is 2. The van der Waals surface area contributed by atoms with Crippen molar-refractivity contribution < 1.29 is 9.59 Å². The van der Waals surface area contributed by atoms with Crippen molar-refractivity contribution in [3.63, 3.8) is 0 Å². The van der Waals surface area contributed by atoms with Crippen LogP contribution in [-0.4, -0.2) is 46.4 Å². The monoisotopic (exact) mass is 434 g/mol. The van der Waals surface area contributed by atoms with Crippen LogP contribution in [0.5, 0.6) is 0 Å². The van der Waals surface area contributed by atoms with Crippen molar-refractivity contribution in [3.05, 3.63) is 76.9 Å². The highest BCUT2D eigenvalue weighted by atomic mass is 35.5. The van der Waals surface area contributed by atoms with Crippen LogP contribution in [0.15, 0.2) is 60.8 Å². The molecule has 158 valence electrons. The molecule has 0 radical (unpaired) electrons. The van der Waals surface area contributed by atoms with Crippen molar-refractivity contribution in [2.75, 3.05) is 6.54 Å². The minimum absolute atomic E-state index is 0.0133. The Morgan fingerprint density at radius 3 is 2.74 bits per heavy atom. The number of piperazine rings is 1. The molecule has 5 rings (SSSR count). The smallest absolute Gasteiger partial charge is 0.246 e. The molecule has 2 aliphatic rings. The summed E-state index contributed by atoms with van der Waals surface area (Å²) in [4.78, 5) is 31.8. The predicted molar refractivity (Wildman–Crippen MR) is 120 cm³/mol. The average Bonchev–Trinajstić information content (AvgIpc) is 3.22. The third-order valence-corrected chi connectivity index (χ3v) is 6.37. The molecule has 0 spiro atoms. The van der Waals surface area contributed by atoms with Crippen LogP contribution < -0.4 is 10.6 Å². The van der Waals surface area contributed by atoms with Crippen LogP contribution in [0.4, 0.5) is 0 Å². The largest absolute Gasteiger partial charge is 0.342 e. The molecule has 2 fully saturated rings. The minimum atomic E-state index is -0.531. The van der Waals surface area contributed by atoms with E-state index in [1.165, 1.54) is 0 Å². The zero-order chi connectivity index (χ0) is 21.4. The van der Waals surface area contributed by atoms with Crippen LogP contribution in [0.1, 0.15) is 17.5 Å². The summed E-state index contributed by atoms with van der Waals surface area (Å²) >= 11 is 5.94. The standard InChI is InChI=1S/C24H23ClN4O2/c25-18-6-3-15(4-7-18)11-21-24(31)29-14-19(12-22(29)23(30)28-21)27-13-16-5-8-20-17(10-16)2-1-9-26-20/h1-10,19,21-22,27H,11-14H2,(H,28,30)/t19-,21-,22-/m0/s1. The summed E-state index contributed by atoms with van der Waals surface area (Å²) in [6.07, 6.45) is 2.88. The van der Waals surface area contributed by atoms with E-state index in [4.69, 9.17) is 11.6 Å². The number of aromatic nitrogens is 1. The summed E-state index contributed by atoms with van der Waals surface area (Å²) in [6.45, 7) is 1.23. The maximum atomic E-state index is 13.0. The van der Waals surface area contributed by atoms with E-state index in [0.29, 0.717) is 31.0 Å². The number of amides is 2. The molecule has 0 aliphatic carbocycles. The number of hydrogen-bond acceptors (Lipinski definition) is 4. The first-order valence-corrected chi connectivity index (χ1v) is 10.9. The number of rotatable bonds is 5. The molecule has 2 amide bonds. The van der Waals surface area contributed by atoms with Gasteiger partial charge < -0.3 is 15.5 Å². The van der Waals surface area contributed by atoms with Gasteiger partial charge in [-0.25, -0.2) is 0 Å². The van der Waals surface area contributed by atoms with E-state index in [1.54, 1.807) is 23.2 Å². The molecule has 0 saturated carbocycles. The lowest BCUT2D eigenvalue weighted by Crippen LogP contribution is -2.61. The van der Waals surface area contributed by atoms with Crippen LogP contribution >= 0.6 is 11.6 Å². The fraction of sp³-hybridized carbons (Fsp3) is 0.292. The molecular formula is C24H23ClN4O2.